The summed E-state index contributed by atoms with van der Waals surface area (Å²) in [7, 11) is 0. The quantitative estimate of drug-likeness (QED) is 0.237. The Morgan fingerprint density at radius 1 is 0.857 bits per heavy atom. The van der Waals surface area contributed by atoms with Gasteiger partial charge in [-0.05, 0) is 54.6 Å². The van der Waals surface area contributed by atoms with Crippen LogP contribution in [0, 0.1) is 0 Å². The van der Waals surface area contributed by atoms with Gasteiger partial charge in [0.05, 0.1) is 27.2 Å². The Kier molecular flexibility index (Phi) is 6.93. The molecule has 1 amide bonds. The molecule has 0 atom stereocenters. The van der Waals surface area contributed by atoms with Crippen LogP contribution >= 0.6 is 46.1 Å². The summed E-state index contributed by atoms with van der Waals surface area (Å²) in [5.74, 6) is -0.176. The molecular weight excluding hydrogens is 521 g/mol. The second-order valence-electron chi connectivity index (χ2n) is 7.71. The standard InChI is InChI=1S/C27H18Cl3N3OS/c28-18-9-12-21(23(30)15-18)26-25(20-5-1-2-6-22(20)29)32-24(35-26)16-31-27(34)17-7-10-19(11-8-17)33-13-3-4-14-33/h1-15H,16H2,(H,31,34). The van der Waals surface area contributed by atoms with E-state index >= 15 is 0 Å². The third-order valence-electron chi connectivity index (χ3n) is 5.41. The monoisotopic (exact) mass is 537 g/mol. The summed E-state index contributed by atoms with van der Waals surface area (Å²) in [6.45, 7) is 0.269. The van der Waals surface area contributed by atoms with E-state index in [-0.39, 0.29) is 12.5 Å². The molecule has 0 unspecified atom stereocenters. The second kappa shape index (κ2) is 10.3. The zero-order valence-electron chi connectivity index (χ0n) is 18.2. The summed E-state index contributed by atoms with van der Waals surface area (Å²) >= 11 is 20.6. The first-order valence-corrected chi connectivity index (χ1v) is 12.7. The third kappa shape index (κ3) is 5.14. The highest BCUT2D eigenvalue weighted by Gasteiger charge is 2.19. The Morgan fingerprint density at radius 2 is 1.60 bits per heavy atom. The maximum Gasteiger partial charge on any atom is 0.251 e. The average molecular weight is 539 g/mol. The normalized spacial score (nSPS) is 10.9. The van der Waals surface area contributed by atoms with Gasteiger partial charge in [0, 0.05) is 39.8 Å². The lowest BCUT2D eigenvalue weighted by Crippen LogP contribution is -2.22. The smallest absolute Gasteiger partial charge is 0.251 e. The number of thiazole rings is 1. The predicted octanol–water partition coefficient (Wildman–Crippen LogP) is 8.16. The number of aromatic nitrogens is 2. The summed E-state index contributed by atoms with van der Waals surface area (Å²) < 4.78 is 1.98. The topological polar surface area (TPSA) is 46.9 Å². The number of carbonyl (C=O) groups is 1. The predicted molar refractivity (Wildman–Crippen MR) is 145 cm³/mol. The van der Waals surface area contributed by atoms with Crippen LogP contribution in [0.4, 0.5) is 0 Å². The number of nitrogens with zero attached hydrogens (tertiary/aromatic N) is 2. The van der Waals surface area contributed by atoms with Gasteiger partial charge in [0.1, 0.15) is 5.01 Å². The molecule has 2 heterocycles. The van der Waals surface area contributed by atoms with Crippen molar-refractivity contribution in [2.24, 2.45) is 0 Å². The highest BCUT2D eigenvalue weighted by molar-refractivity contribution is 7.15. The van der Waals surface area contributed by atoms with Crippen molar-refractivity contribution in [3.63, 3.8) is 0 Å². The molecule has 0 bridgehead atoms. The summed E-state index contributed by atoms with van der Waals surface area (Å²) in [4.78, 5) is 18.5. The molecule has 5 rings (SSSR count). The Morgan fingerprint density at radius 3 is 2.31 bits per heavy atom. The van der Waals surface area contributed by atoms with Crippen molar-refractivity contribution in [2.75, 3.05) is 0 Å². The maximum absolute atomic E-state index is 12.8. The summed E-state index contributed by atoms with van der Waals surface area (Å²) in [6, 6.07) is 24.2. The number of amides is 1. The fraction of sp³-hybridized carbons (Fsp3) is 0.0370. The first-order valence-electron chi connectivity index (χ1n) is 10.7. The van der Waals surface area contributed by atoms with Crippen LogP contribution in [0.5, 0.6) is 0 Å². The van der Waals surface area contributed by atoms with E-state index in [1.54, 1.807) is 24.3 Å². The van der Waals surface area contributed by atoms with Gasteiger partial charge >= 0.3 is 0 Å². The zero-order chi connectivity index (χ0) is 24.4. The largest absolute Gasteiger partial charge is 0.346 e. The van der Waals surface area contributed by atoms with Gasteiger partial charge in [0.2, 0.25) is 0 Å². The SMILES string of the molecule is O=C(NCc1nc(-c2ccccc2Cl)c(-c2ccc(Cl)cc2Cl)s1)c1ccc(-n2cccc2)cc1. The summed E-state index contributed by atoms with van der Waals surface area (Å²) in [6.07, 6.45) is 3.91. The minimum Gasteiger partial charge on any atom is -0.346 e. The average Bonchev–Trinajstić information content (AvgIpc) is 3.54. The van der Waals surface area contributed by atoms with Crippen LogP contribution in [0.15, 0.2) is 91.3 Å². The van der Waals surface area contributed by atoms with Crippen molar-refractivity contribution in [1.82, 2.24) is 14.9 Å². The Bertz CT molecular complexity index is 1490. The lowest BCUT2D eigenvalue weighted by atomic mass is 10.1. The van der Waals surface area contributed by atoms with Gasteiger partial charge in [-0.25, -0.2) is 4.98 Å². The van der Waals surface area contributed by atoms with Crippen LogP contribution in [0.25, 0.3) is 27.4 Å². The van der Waals surface area contributed by atoms with Gasteiger partial charge in [-0.15, -0.1) is 11.3 Å². The number of rotatable bonds is 6. The van der Waals surface area contributed by atoms with Crippen molar-refractivity contribution in [3.8, 4) is 27.4 Å². The first kappa shape index (κ1) is 23.6. The highest BCUT2D eigenvalue weighted by Crippen LogP contribution is 2.42. The van der Waals surface area contributed by atoms with Crippen LogP contribution in [0.1, 0.15) is 15.4 Å². The van der Waals surface area contributed by atoms with Crippen molar-refractivity contribution in [1.29, 1.82) is 0 Å². The fourth-order valence-electron chi connectivity index (χ4n) is 3.68. The van der Waals surface area contributed by atoms with Crippen LogP contribution in [-0.4, -0.2) is 15.5 Å². The third-order valence-corrected chi connectivity index (χ3v) is 7.37. The van der Waals surface area contributed by atoms with Crippen LogP contribution < -0.4 is 5.32 Å². The molecule has 0 aliphatic carbocycles. The van der Waals surface area contributed by atoms with Crippen LogP contribution in [-0.2, 0) is 6.54 Å². The first-order chi connectivity index (χ1) is 17.0. The summed E-state index contributed by atoms with van der Waals surface area (Å²) in [5.41, 5.74) is 3.88. The minimum absolute atomic E-state index is 0.176. The number of hydrogen-bond acceptors (Lipinski definition) is 3. The highest BCUT2D eigenvalue weighted by atomic mass is 35.5. The number of carbonyl (C=O) groups excluding carboxylic acids is 1. The van der Waals surface area contributed by atoms with Crippen LogP contribution in [0.2, 0.25) is 15.1 Å². The molecule has 3 aromatic carbocycles. The number of hydrogen-bond donors (Lipinski definition) is 1. The van der Waals surface area contributed by atoms with Gasteiger partial charge in [-0.3, -0.25) is 4.79 Å². The van der Waals surface area contributed by atoms with Crippen molar-refractivity contribution >= 4 is 52.0 Å². The number of nitrogens with one attached hydrogen (secondary N) is 1. The maximum atomic E-state index is 12.8. The Balaban J connectivity index is 1.41. The van der Waals surface area contributed by atoms with Gasteiger partial charge in [0.15, 0.2) is 0 Å². The molecule has 8 heteroatoms. The zero-order valence-corrected chi connectivity index (χ0v) is 21.3. The Labute approximate surface area is 221 Å². The minimum atomic E-state index is -0.176. The molecule has 2 aromatic heterocycles. The number of benzene rings is 3. The van der Waals surface area contributed by atoms with E-state index in [9.17, 15) is 4.79 Å². The van der Waals surface area contributed by atoms with Gasteiger partial charge in [-0.2, -0.15) is 0 Å². The lowest BCUT2D eigenvalue weighted by molar-refractivity contribution is 0.0951. The summed E-state index contributed by atoms with van der Waals surface area (Å²) in [5, 5.41) is 5.36. The van der Waals surface area contributed by atoms with Crippen LogP contribution in [0.3, 0.4) is 0 Å². The molecule has 0 aliphatic rings. The molecule has 174 valence electrons. The molecule has 35 heavy (non-hydrogen) atoms. The van der Waals surface area contributed by atoms with Gasteiger partial charge in [-0.1, -0.05) is 59.1 Å². The van der Waals surface area contributed by atoms with Crippen molar-refractivity contribution in [3.05, 3.63) is 117 Å². The molecule has 4 nitrogen and oxygen atoms in total. The fourth-order valence-corrected chi connectivity index (χ4v) is 5.52. The Hall–Kier alpha value is -3.09. The molecule has 0 aliphatic heterocycles. The van der Waals surface area contributed by atoms with E-state index in [1.165, 1.54) is 11.3 Å². The molecule has 0 saturated heterocycles. The number of halogens is 3. The van der Waals surface area contributed by atoms with E-state index < -0.39 is 0 Å². The molecule has 1 N–H and O–H groups in total. The second-order valence-corrected chi connectivity index (χ2v) is 10.0. The van der Waals surface area contributed by atoms with Gasteiger partial charge < -0.3 is 9.88 Å². The molecule has 0 spiro atoms. The van der Waals surface area contributed by atoms with Crippen molar-refractivity contribution < 1.29 is 4.79 Å². The molecule has 0 fully saturated rings. The molecule has 0 saturated carbocycles. The van der Waals surface area contributed by atoms with E-state index in [1.807, 2.05) is 71.6 Å². The van der Waals surface area contributed by atoms with E-state index in [4.69, 9.17) is 39.8 Å². The van der Waals surface area contributed by atoms with Gasteiger partial charge in [0.25, 0.3) is 5.91 Å². The van der Waals surface area contributed by atoms with E-state index in [0.717, 1.165) is 26.7 Å². The molecule has 0 radical (unpaired) electrons. The van der Waals surface area contributed by atoms with E-state index in [2.05, 4.69) is 5.32 Å². The molecule has 5 aromatic rings. The lowest BCUT2D eigenvalue weighted by Gasteiger charge is -2.07. The molecular formula is C27H18Cl3N3OS. The van der Waals surface area contributed by atoms with Crippen molar-refractivity contribution in [2.45, 2.75) is 6.54 Å². The van der Waals surface area contributed by atoms with E-state index in [0.29, 0.717) is 26.3 Å².